The van der Waals surface area contributed by atoms with E-state index >= 15 is 0 Å². The number of nitrogens with zero attached hydrogens (tertiary/aromatic N) is 4. The van der Waals surface area contributed by atoms with Gasteiger partial charge in [0.2, 0.25) is 0 Å². The number of benzene rings is 8. The van der Waals surface area contributed by atoms with Crippen LogP contribution in [0.3, 0.4) is 0 Å². The Morgan fingerprint density at radius 1 is 0.333 bits per heavy atom. The second-order valence-corrected chi connectivity index (χ2v) is 15.5. The first-order chi connectivity index (χ1) is 26.7. The summed E-state index contributed by atoms with van der Waals surface area (Å²) in [7, 11) is 0. The summed E-state index contributed by atoms with van der Waals surface area (Å²) in [6.45, 7) is 0. The van der Waals surface area contributed by atoms with Gasteiger partial charge in [-0.25, -0.2) is 19.9 Å². The Morgan fingerprint density at radius 2 is 0.981 bits per heavy atom. The van der Waals surface area contributed by atoms with Crippen molar-refractivity contribution in [2.75, 3.05) is 0 Å². The third kappa shape index (κ3) is 5.18. The maximum Gasteiger partial charge on any atom is 0.164 e. The van der Waals surface area contributed by atoms with Crippen LogP contribution in [0.5, 0.6) is 0 Å². The summed E-state index contributed by atoms with van der Waals surface area (Å²) in [5, 5.41) is 7.96. The lowest BCUT2D eigenvalue weighted by Gasteiger charge is -2.13. The van der Waals surface area contributed by atoms with E-state index in [-0.39, 0.29) is 0 Å². The van der Waals surface area contributed by atoms with Crippen molar-refractivity contribution in [1.29, 1.82) is 0 Å². The third-order valence-electron chi connectivity index (χ3n) is 10.1. The minimum atomic E-state index is 0.635. The fourth-order valence-electron chi connectivity index (χ4n) is 7.59. The number of aromatic nitrogens is 4. The van der Waals surface area contributed by atoms with Crippen molar-refractivity contribution in [1.82, 2.24) is 19.9 Å². The Labute approximate surface area is 318 Å². The Bertz CT molecular complexity index is 3220. The molecule has 0 N–H and O–H groups in total. The summed E-state index contributed by atoms with van der Waals surface area (Å²) in [5.74, 6) is 1.93. The fraction of sp³-hybridized carbons (Fsp3) is 0. The lowest BCUT2D eigenvalue weighted by molar-refractivity contribution is 1.08. The van der Waals surface area contributed by atoms with E-state index in [1.165, 1.54) is 24.9 Å². The molecule has 4 nitrogen and oxygen atoms in total. The molecule has 0 unspecified atom stereocenters. The highest BCUT2D eigenvalue weighted by molar-refractivity contribution is 7.26. The van der Waals surface area contributed by atoms with Gasteiger partial charge < -0.3 is 0 Å². The first-order valence-corrected chi connectivity index (χ1v) is 19.5. The zero-order chi connectivity index (χ0) is 35.6. The van der Waals surface area contributed by atoms with Crippen LogP contribution in [0.4, 0.5) is 0 Å². The predicted molar refractivity (Wildman–Crippen MR) is 228 cm³/mol. The van der Waals surface area contributed by atoms with E-state index in [4.69, 9.17) is 19.9 Å². The average Bonchev–Trinajstić information content (AvgIpc) is 3.83. The maximum atomic E-state index is 5.35. The van der Waals surface area contributed by atoms with Crippen LogP contribution < -0.4 is 0 Å². The predicted octanol–water partition coefficient (Wildman–Crippen LogP) is 13.5. The van der Waals surface area contributed by atoms with E-state index in [9.17, 15) is 0 Å². The van der Waals surface area contributed by atoms with Gasteiger partial charge in [-0.1, -0.05) is 140 Å². The number of hydrogen-bond acceptors (Lipinski definition) is 6. The molecule has 0 aliphatic heterocycles. The van der Waals surface area contributed by atoms with Gasteiger partial charge >= 0.3 is 0 Å². The van der Waals surface area contributed by atoms with Crippen LogP contribution in [-0.4, -0.2) is 19.9 Å². The molecule has 252 valence electrons. The molecule has 0 bridgehead atoms. The van der Waals surface area contributed by atoms with Crippen molar-refractivity contribution in [2.24, 2.45) is 0 Å². The largest absolute Gasteiger partial charge is 0.236 e. The Hall–Kier alpha value is -6.60. The van der Waals surface area contributed by atoms with Gasteiger partial charge in [-0.3, -0.25) is 0 Å². The molecular weight excluding hydrogens is 697 g/mol. The summed E-state index contributed by atoms with van der Waals surface area (Å²) in [6, 6.07) is 59.7. The molecule has 0 fully saturated rings. The average molecular weight is 725 g/mol. The second kappa shape index (κ2) is 12.5. The smallest absolute Gasteiger partial charge is 0.164 e. The van der Waals surface area contributed by atoms with Crippen LogP contribution in [0, 0.1) is 0 Å². The van der Waals surface area contributed by atoms with E-state index in [2.05, 4.69) is 158 Å². The fourth-order valence-corrected chi connectivity index (χ4v) is 9.81. The van der Waals surface area contributed by atoms with Crippen molar-refractivity contribution in [3.63, 3.8) is 0 Å². The Balaban J connectivity index is 1.16. The molecule has 8 aromatic carbocycles. The summed E-state index contributed by atoms with van der Waals surface area (Å²) in [6.07, 6.45) is 0. The van der Waals surface area contributed by atoms with Gasteiger partial charge in [0.1, 0.15) is 5.01 Å². The highest BCUT2D eigenvalue weighted by atomic mass is 32.1. The van der Waals surface area contributed by atoms with Crippen molar-refractivity contribution < 1.29 is 0 Å². The molecule has 0 spiro atoms. The number of thiazole rings is 1. The quantitative estimate of drug-likeness (QED) is 0.166. The highest BCUT2D eigenvalue weighted by Gasteiger charge is 2.20. The molecule has 6 heteroatoms. The topological polar surface area (TPSA) is 51.6 Å². The molecule has 0 amide bonds. The molecule has 11 rings (SSSR count). The van der Waals surface area contributed by atoms with Crippen LogP contribution in [0.2, 0.25) is 0 Å². The van der Waals surface area contributed by atoms with Gasteiger partial charge in [0.15, 0.2) is 17.5 Å². The summed E-state index contributed by atoms with van der Waals surface area (Å²) >= 11 is 3.54. The number of fused-ring (bicyclic) bond motifs is 7. The van der Waals surface area contributed by atoms with Crippen LogP contribution >= 0.6 is 22.7 Å². The monoisotopic (exact) mass is 724 g/mol. The SMILES string of the molecule is c1ccc(-c2cccc(-c3nc(-c4cc5ccccc5c5ccccc45)nc(-c4cccc5sc6cc7sc(-c8ccccc8)nc7cc6c45)n3)c2)cc1. The molecular formula is C48H28N4S2. The molecule has 0 aliphatic rings. The minimum absolute atomic E-state index is 0.635. The van der Waals surface area contributed by atoms with Crippen LogP contribution in [0.25, 0.3) is 108 Å². The maximum absolute atomic E-state index is 5.35. The van der Waals surface area contributed by atoms with Gasteiger partial charge in [-0.2, -0.15) is 0 Å². The first kappa shape index (κ1) is 31.0. The zero-order valence-corrected chi connectivity index (χ0v) is 30.4. The summed E-state index contributed by atoms with van der Waals surface area (Å²) < 4.78 is 3.59. The van der Waals surface area contributed by atoms with E-state index < -0.39 is 0 Å². The van der Waals surface area contributed by atoms with Crippen molar-refractivity contribution in [2.45, 2.75) is 0 Å². The Morgan fingerprint density at radius 3 is 1.81 bits per heavy atom. The van der Waals surface area contributed by atoms with Gasteiger partial charge in [0, 0.05) is 42.4 Å². The van der Waals surface area contributed by atoms with Gasteiger partial charge in [-0.15, -0.1) is 22.7 Å². The van der Waals surface area contributed by atoms with Crippen molar-refractivity contribution in [3.8, 4) is 55.9 Å². The second-order valence-electron chi connectivity index (χ2n) is 13.4. The molecule has 3 heterocycles. The summed E-state index contributed by atoms with van der Waals surface area (Å²) in [5.41, 5.74) is 7.28. The number of rotatable bonds is 5. The molecule has 54 heavy (non-hydrogen) atoms. The molecule has 0 saturated carbocycles. The number of thiophene rings is 1. The molecule has 0 aliphatic carbocycles. The first-order valence-electron chi connectivity index (χ1n) is 17.9. The normalized spacial score (nSPS) is 11.7. The molecule has 11 aromatic rings. The molecule has 0 atom stereocenters. The van der Waals surface area contributed by atoms with Gasteiger partial charge in [0.05, 0.1) is 10.2 Å². The zero-order valence-electron chi connectivity index (χ0n) is 28.8. The third-order valence-corrected chi connectivity index (χ3v) is 12.3. The van der Waals surface area contributed by atoms with Crippen LogP contribution in [0.1, 0.15) is 0 Å². The lowest BCUT2D eigenvalue weighted by Crippen LogP contribution is -2.01. The van der Waals surface area contributed by atoms with Crippen LogP contribution in [0.15, 0.2) is 170 Å². The standard InChI is InChI=1S/C48H28N4S2/c1-3-13-29(14-4-1)31-18-11-19-33(25-31)45-50-46(52-47(51-45)38-26-32-17-7-8-20-34(32)35-21-9-10-22-36(35)38)37-23-12-24-41-44(37)39-27-40-43(28-42(39)53-41)54-48(49-40)30-15-5-2-6-16-30/h1-28H. The van der Waals surface area contributed by atoms with E-state index in [0.717, 1.165) is 65.4 Å². The summed E-state index contributed by atoms with van der Waals surface area (Å²) in [4.78, 5) is 21.0. The lowest BCUT2D eigenvalue weighted by atomic mass is 9.96. The molecule has 3 aromatic heterocycles. The minimum Gasteiger partial charge on any atom is -0.236 e. The number of hydrogen-bond donors (Lipinski definition) is 0. The van der Waals surface area contributed by atoms with Gasteiger partial charge in [0.25, 0.3) is 0 Å². The Kier molecular flexibility index (Phi) is 7.18. The van der Waals surface area contributed by atoms with Crippen LogP contribution in [-0.2, 0) is 0 Å². The van der Waals surface area contributed by atoms with E-state index in [0.29, 0.717) is 17.5 Å². The molecule has 0 saturated heterocycles. The highest BCUT2D eigenvalue weighted by Crippen LogP contribution is 2.43. The van der Waals surface area contributed by atoms with E-state index in [1.807, 2.05) is 12.1 Å². The van der Waals surface area contributed by atoms with Crippen molar-refractivity contribution >= 4 is 74.6 Å². The van der Waals surface area contributed by atoms with E-state index in [1.54, 1.807) is 22.7 Å². The van der Waals surface area contributed by atoms with Crippen molar-refractivity contribution in [3.05, 3.63) is 170 Å². The van der Waals surface area contributed by atoms with Gasteiger partial charge in [-0.05, 0) is 63.0 Å². The molecule has 0 radical (unpaired) electrons.